The first-order chi connectivity index (χ1) is 10.6. The SMILES string of the molecule is O=C1Oc2c(F)cc3ccccc3c2C1c1cccc(Cl)c1. The van der Waals surface area contributed by atoms with Crippen LogP contribution >= 0.6 is 11.6 Å². The van der Waals surface area contributed by atoms with Gasteiger partial charge in [-0.1, -0.05) is 48.0 Å². The largest absolute Gasteiger partial charge is 0.422 e. The Kier molecular flexibility index (Phi) is 2.91. The molecule has 0 N–H and O–H groups in total. The second-order valence-electron chi connectivity index (χ2n) is 5.23. The third kappa shape index (κ3) is 1.90. The Balaban J connectivity index is 2.04. The summed E-state index contributed by atoms with van der Waals surface area (Å²) in [6, 6.07) is 15.8. The first kappa shape index (κ1) is 13.3. The first-order valence-corrected chi connectivity index (χ1v) is 7.21. The molecule has 3 aromatic carbocycles. The fourth-order valence-electron chi connectivity index (χ4n) is 2.98. The molecule has 0 amide bonds. The molecule has 4 heteroatoms. The monoisotopic (exact) mass is 312 g/mol. The third-order valence-corrected chi connectivity index (χ3v) is 4.14. The van der Waals surface area contributed by atoms with E-state index in [0.717, 1.165) is 10.8 Å². The predicted octanol–water partition coefficient (Wildman–Crippen LogP) is 4.68. The molecule has 0 spiro atoms. The zero-order valence-electron chi connectivity index (χ0n) is 11.3. The molecule has 0 saturated carbocycles. The number of benzene rings is 3. The highest BCUT2D eigenvalue weighted by Gasteiger charge is 2.38. The maximum atomic E-state index is 14.3. The van der Waals surface area contributed by atoms with Gasteiger partial charge in [-0.2, -0.15) is 0 Å². The summed E-state index contributed by atoms with van der Waals surface area (Å²) in [4.78, 5) is 12.3. The molecule has 108 valence electrons. The van der Waals surface area contributed by atoms with Crippen molar-refractivity contribution in [2.24, 2.45) is 0 Å². The van der Waals surface area contributed by atoms with Crippen LogP contribution < -0.4 is 4.74 Å². The van der Waals surface area contributed by atoms with E-state index in [2.05, 4.69) is 0 Å². The third-order valence-electron chi connectivity index (χ3n) is 3.90. The lowest BCUT2D eigenvalue weighted by Gasteiger charge is -2.11. The quantitative estimate of drug-likeness (QED) is 0.481. The summed E-state index contributed by atoms with van der Waals surface area (Å²) >= 11 is 6.02. The van der Waals surface area contributed by atoms with Crippen LogP contribution in [0.2, 0.25) is 5.02 Å². The Hall–Kier alpha value is -2.39. The van der Waals surface area contributed by atoms with Crippen molar-refractivity contribution in [3.63, 3.8) is 0 Å². The Labute approximate surface area is 131 Å². The molecule has 0 saturated heterocycles. The molecule has 1 unspecified atom stereocenters. The number of rotatable bonds is 1. The van der Waals surface area contributed by atoms with Crippen LogP contribution in [0.4, 0.5) is 4.39 Å². The van der Waals surface area contributed by atoms with Crippen LogP contribution in [0.25, 0.3) is 10.8 Å². The van der Waals surface area contributed by atoms with E-state index in [1.165, 1.54) is 6.07 Å². The molecular formula is C18H10ClFO2. The van der Waals surface area contributed by atoms with Gasteiger partial charge in [0, 0.05) is 10.6 Å². The van der Waals surface area contributed by atoms with Crippen LogP contribution in [-0.4, -0.2) is 5.97 Å². The van der Waals surface area contributed by atoms with Crippen LogP contribution in [-0.2, 0) is 4.79 Å². The minimum absolute atomic E-state index is 0.0219. The van der Waals surface area contributed by atoms with E-state index in [1.54, 1.807) is 24.3 Å². The number of hydrogen-bond donors (Lipinski definition) is 0. The summed E-state index contributed by atoms with van der Waals surface area (Å²) in [5, 5.41) is 2.08. The maximum absolute atomic E-state index is 14.3. The molecule has 0 bridgehead atoms. The van der Waals surface area contributed by atoms with Crippen LogP contribution in [0, 0.1) is 5.82 Å². The summed E-state index contributed by atoms with van der Waals surface area (Å²) in [5.74, 6) is -1.64. The lowest BCUT2D eigenvalue weighted by atomic mass is 9.89. The molecule has 0 aliphatic carbocycles. The van der Waals surface area contributed by atoms with E-state index in [0.29, 0.717) is 16.1 Å². The lowest BCUT2D eigenvalue weighted by Crippen LogP contribution is -2.11. The van der Waals surface area contributed by atoms with E-state index in [1.807, 2.05) is 24.3 Å². The normalized spacial score (nSPS) is 16.6. The number of hydrogen-bond acceptors (Lipinski definition) is 2. The number of carbonyl (C=O) groups is 1. The molecule has 0 fully saturated rings. The smallest absolute Gasteiger partial charge is 0.323 e. The molecule has 1 aliphatic heterocycles. The highest BCUT2D eigenvalue weighted by Crippen LogP contribution is 2.45. The second kappa shape index (κ2) is 4.82. The van der Waals surface area contributed by atoms with Crippen LogP contribution in [0.5, 0.6) is 5.75 Å². The molecule has 22 heavy (non-hydrogen) atoms. The van der Waals surface area contributed by atoms with Crippen LogP contribution in [0.3, 0.4) is 0 Å². The summed E-state index contributed by atoms with van der Waals surface area (Å²) in [7, 11) is 0. The van der Waals surface area contributed by atoms with Crippen molar-refractivity contribution in [3.8, 4) is 5.75 Å². The van der Waals surface area contributed by atoms with Gasteiger partial charge in [0.2, 0.25) is 0 Å². The molecule has 0 aromatic heterocycles. The topological polar surface area (TPSA) is 26.3 Å². The van der Waals surface area contributed by atoms with Gasteiger partial charge in [-0.05, 0) is 34.5 Å². The number of carbonyl (C=O) groups excluding carboxylic acids is 1. The highest BCUT2D eigenvalue weighted by molar-refractivity contribution is 6.30. The summed E-state index contributed by atoms with van der Waals surface area (Å²) < 4.78 is 19.5. The zero-order chi connectivity index (χ0) is 15.3. The van der Waals surface area contributed by atoms with Gasteiger partial charge in [-0.15, -0.1) is 0 Å². The van der Waals surface area contributed by atoms with Crippen molar-refractivity contribution in [2.45, 2.75) is 5.92 Å². The Morgan fingerprint density at radius 3 is 2.68 bits per heavy atom. The minimum Gasteiger partial charge on any atom is -0.422 e. The molecular weight excluding hydrogens is 303 g/mol. The Morgan fingerprint density at radius 1 is 1.05 bits per heavy atom. The summed E-state index contributed by atoms with van der Waals surface area (Å²) in [5.41, 5.74) is 1.27. The number of ether oxygens (including phenoxy) is 1. The summed E-state index contributed by atoms with van der Waals surface area (Å²) in [6.07, 6.45) is 0. The fourth-order valence-corrected chi connectivity index (χ4v) is 3.18. The average Bonchev–Trinajstić information content (AvgIpc) is 2.85. The van der Waals surface area contributed by atoms with Gasteiger partial charge in [0.15, 0.2) is 11.6 Å². The first-order valence-electron chi connectivity index (χ1n) is 6.83. The van der Waals surface area contributed by atoms with Gasteiger partial charge < -0.3 is 4.74 Å². The van der Waals surface area contributed by atoms with Gasteiger partial charge >= 0.3 is 5.97 Å². The fraction of sp³-hybridized carbons (Fsp3) is 0.0556. The number of esters is 1. The minimum atomic E-state index is -0.658. The van der Waals surface area contributed by atoms with Crippen molar-refractivity contribution in [3.05, 3.63) is 76.6 Å². The Morgan fingerprint density at radius 2 is 1.86 bits per heavy atom. The van der Waals surface area contributed by atoms with Gasteiger partial charge in [0.05, 0.1) is 0 Å². The molecule has 4 rings (SSSR count). The van der Waals surface area contributed by atoms with Gasteiger partial charge in [0.1, 0.15) is 5.92 Å². The summed E-state index contributed by atoms with van der Waals surface area (Å²) in [6.45, 7) is 0. The molecule has 1 atom stereocenters. The number of halogens is 2. The lowest BCUT2D eigenvalue weighted by molar-refractivity contribution is -0.133. The molecule has 1 aliphatic rings. The molecule has 2 nitrogen and oxygen atoms in total. The molecule has 1 heterocycles. The highest BCUT2D eigenvalue weighted by atomic mass is 35.5. The van der Waals surface area contributed by atoms with Gasteiger partial charge in [-0.3, -0.25) is 4.79 Å². The second-order valence-corrected chi connectivity index (χ2v) is 5.67. The number of fused-ring (bicyclic) bond motifs is 3. The standard InChI is InChI=1S/C18H10ClFO2/c19-12-6-3-5-11(8-12)15-16-13-7-2-1-4-10(13)9-14(20)17(16)22-18(15)21/h1-9,15H. The molecule has 3 aromatic rings. The van der Waals surface area contributed by atoms with Crippen molar-refractivity contribution in [2.75, 3.05) is 0 Å². The maximum Gasteiger partial charge on any atom is 0.323 e. The average molecular weight is 313 g/mol. The van der Waals surface area contributed by atoms with Gasteiger partial charge in [-0.25, -0.2) is 4.39 Å². The predicted molar refractivity (Wildman–Crippen MR) is 82.8 cm³/mol. The van der Waals surface area contributed by atoms with Crippen LogP contribution in [0.1, 0.15) is 17.0 Å². The molecule has 0 radical (unpaired) electrons. The van der Waals surface area contributed by atoms with Crippen molar-refractivity contribution in [1.82, 2.24) is 0 Å². The van der Waals surface area contributed by atoms with E-state index < -0.39 is 17.7 Å². The van der Waals surface area contributed by atoms with Crippen LogP contribution in [0.15, 0.2) is 54.6 Å². The van der Waals surface area contributed by atoms with E-state index in [-0.39, 0.29) is 5.75 Å². The van der Waals surface area contributed by atoms with Gasteiger partial charge in [0.25, 0.3) is 0 Å². The van der Waals surface area contributed by atoms with Crippen molar-refractivity contribution >= 4 is 28.3 Å². The van der Waals surface area contributed by atoms with Crippen molar-refractivity contribution < 1.29 is 13.9 Å². The zero-order valence-corrected chi connectivity index (χ0v) is 12.1. The van der Waals surface area contributed by atoms with Crippen molar-refractivity contribution in [1.29, 1.82) is 0 Å². The van der Waals surface area contributed by atoms with E-state index in [4.69, 9.17) is 16.3 Å². The van der Waals surface area contributed by atoms with E-state index in [9.17, 15) is 9.18 Å². The van der Waals surface area contributed by atoms with E-state index >= 15 is 0 Å². The Bertz CT molecular complexity index is 920.